The second-order valence-electron chi connectivity index (χ2n) is 16.3. The quantitative estimate of drug-likeness (QED) is 0.176. The minimum absolute atomic E-state index is 0.491. The zero-order valence-corrected chi connectivity index (χ0v) is 31.8. The van der Waals surface area contributed by atoms with E-state index in [0.29, 0.717) is 0 Å². The van der Waals surface area contributed by atoms with Gasteiger partial charge in [0, 0.05) is 21.5 Å². The van der Waals surface area contributed by atoms with Crippen LogP contribution in [0.3, 0.4) is 0 Å². The number of furan rings is 2. The first-order valence-electron chi connectivity index (χ1n) is 20.4. The molecular weight excluding hydrogens is 717 g/mol. The molecule has 0 atom stereocenters. The molecule has 0 radical (unpaired) electrons. The molecule has 12 aromatic rings. The summed E-state index contributed by atoms with van der Waals surface area (Å²) in [7, 11) is 0. The van der Waals surface area contributed by atoms with Crippen LogP contribution in [0.4, 0.5) is 0 Å². The van der Waals surface area contributed by atoms with Gasteiger partial charge in [-0.05, 0) is 143 Å². The van der Waals surface area contributed by atoms with Gasteiger partial charge in [0.1, 0.15) is 22.3 Å². The average Bonchev–Trinajstić information content (AvgIpc) is 4.01. The monoisotopic (exact) mass is 748 g/mol. The van der Waals surface area contributed by atoms with Gasteiger partial charge in [-0.25, -0.2) is 0 Å². The second kappa shape index (κ2) is 11.2. The van der Waals surface area contributed by atoms with Gasteiger partial charge in [0.25, 0.3) is 0 Å². The molecule has 0 saturated carbocycles. The summed E-state index contributed by atoms with van der Waals surface area (Å²) in [6, 6.07) is 71.6. The lowest BCUT2D eigenvalue weighted by Crippen LogP contribution is -2.25. The van der Waals surface area contributed by atoms with Crippen LogP contribution in [0.15, 0.2) is 203 Å². The molecular formula is C57H32O2. The van der Waals surface area contributed by atoms with Crippen LogP contribution < -0.4 is 0 Å². The third kappa shape index (κ3) is 4.05. The van der Waals surface area contributed by atoms with Crippen molar-refractivity contribution in [2.45, 2.75) is 5.41 Å². The van der Waals surface area contributed by atoms with E-state index in [1.807, 2.05) is 12.1 Å². The first-order valence-corrected chi connectivity index (χ1v) is 20.4. The van der Waals surface area contributed by atoms with Crippen molar-refractivity contribution in [2.24, 2.45) is 0 Å². The van der Waals surface area contributed by atoms with Gasteiger partial charge in [0.2, 0.25) is 0 Å². The molecule has 0 fully saturated rings. The number of benzene rings is 10. The molecule has 2 nitrogen and oxygen atoms in total. The summed E-state index contributed by atoms with van der Waals surface area (Å²) in [5.41, 5.74) is 18.4. The van der Waals surface area contributed by atoms with E-state index in [1.54, 1.807) is 0 Å². The van der Waals surface area contributed by atoms with E-state index in [4.69, 9.17) is 8.83 Å². The van der Waals surface area contributed by atoms with Crippen molar-refractivity contribution < 1.29 is 8.83 Å². The molecule has 2 heterocycles. The Labute approximate surface area is 339 Å². The Balaban J connectivity index is 1.05. The van der Waals surface area contributed by atoms with Crippen LogP contribution in [0, 0.1) is 0 Å². The molecule has 0 unspecified atom stereocenters. The Bertz CT molecular complexity index is 3750. The maximum atomic E-state index is 6.58. The summed E-state index contributed by atoms with van der Waals surface area (Å²) < 4.78 is 12.8. The van der Waals surface area contributed by atoms with Crippen molar-refractivity contribution in [3.8, 4) is 44.5 Å². The summed E-state index contributed by atoms with van der Waals surface area (Å²) in [4.78, 5) is 0. The van der Waals surface area contributed by atoms with Gasteiger partial charge in [-0.3, -0.25) is 0 Å². The fraction of sp³-hybridized carbons (Fsp3) is 0.0175. The Hall–Kier alpha value is -7.68. The number of hydrogen-bond acceptors (Lipinski definition) is 2. The Morgan fingerprint density at radius 2 is 0.864 bits per heavy atom. The van der Waals surface area contributed by atoms with E-state index in [2.05, 4.69) is 182 Å². The maximum absolute atomic E-state index is 6.58. The zero-order chi connectivity index (χ0) is 38.4. The van der Waals surface area contributed by atoms with Crippen molar-refractivity contribution in [1.29, 1.82) is 0 Å². The van der Waals surface area contributed by atoms with Crippen LogP contribution in [0.25, 0.3) is 110 Å². The van der Waals surface area contributed by atoms with Crippen LogP contribution in [-0.4, -0.2) is 0 Å². The molecule has 2 aliphatic carbocycles. The smallest absolute Gasteiger partial charge is 0.136 e. The lowest BCUT2D eigenvalue weighted by Gasteiger charge is -2.31. The average molecular weight is 749 g/mol. The molecule has 1 spiro atoms. The van der Waals surface area contributed by atoms with Crippen molar-refractivity contribution in [2.75, 3.05) is 0 Å². The number of para-hydroxylation sites is 1. The molecule has 0 aliphatic heterocycles. The Kier molecular flexibility index (Phi) is 5.99. The van der Waals surface area contributed by atoms with E-state index < -0.39 is 5.41 Å². The zero-order valence-electron chi connectivity index (χ0n) is 31.8. The first-order chi connectivity index (χ1) is 29.2. The van der Waals surface area contributed by atoms with E-state index in [-0.39, 0.29) is 0 Å². The van der Waals surface area contributed by atoms with E-state index in [0.717, 1.165) is 43.9 Å². The highest BCUT2D eigenvalue weighted by Crippen LogP contribution is 2.64. The SMILES string of the molecule is c1ccc2c(c1)-c1ccccc1C21c2cc(-c3cccc4oc5cc6ccccc6cc5c34)ccc2-c2cc3c(-c4ccc5oc6ccccc6c5c4)cccc3cc21. The van der Waals surface area contributed by atoms with Crippen LogP contribution in [-0.2, 0) is 5.41 Å². The minimum atomic E-state index is -0.491. The third-order valence-electron chi connectivity index (χ3n) is 13.5. The summed E-state index contributed by atoms with van der Waals surface area (Å²) in [5.74, 6) is 0. The standard InChI is InChI=1S/C57H32O2/c1-2-12-34-31-55-47(27-33(34)11-1)56-39(18-10-22-54(56)59-55)37-23-25-42-45-32-44-35(13-9-17-38(44)36-24-26-53-46(28-36)43-16-5-8-21-52(43)58-53)29-51(45)57(50(42)30-37)48-19-6-3-14-40(48)41-15-4-7-20-49(41)57/h1-32H. The molecule has 0 amide bonds. The van der Waals surface area contributed by atoms with Crippen molar-refractivity contribution in [1.82, 2.24) is 0 Å². The van der Waals surface area contributed by atoms with Crippen molar-refractivity contribution in [3.05, 3.63) is 216 Å². The molecule has 0 bridgehead atoms. The van der Waals surface area contributed by atoms with Gasteiger partial charge in [0.15, 0.2) is 0 Å². The molecule has 10 aromatic carbocycles. The molecule has 14 rings (SSSR count). The summed E-state index contributed by atoms with van der Waals surface area (Å²) in [5, 5.41) is 9.45. The van der Waals surface area contributed by atoms with Crippen molar-refractivity contribution >= 4 is 65.4 Å². The Morgan fingerprint density at radius 3 is 1.73 bits per heavy atom. The summed E-state index contributed by atoms with van der Waals surface area (Å²) in [6.07, 6.45) is 0. The molecule has 2 aliphatic rings. The molecule has 2 aromatic heterocycles. The lowest BCUT2D eigenvalue weighted by molar-refractivity contribution is 0.669. The van der Waals surface area contributed by atoms with E-state index in [1.165, 1.54) is 88.3 Å². The fourth-order valence-electron chi connectivity index (χ4n) is 11.0. The van der Waals surface area contributed by atoms with Crippen LogP contribution in [0.2, 0.25) is 0 Å². The molecule has 2 heteroatoms. The topological polar surface area (TPSA) is 26.3 Å². The van der Waals surface area contributed by atoms with Gasteiger partial charge in [-0.15, -0.1) is 0 Å². The normalized spacial score (nSPS) is 13.6. The number of rotatable bonds is 2. The van der Waals surface area contributed by atoms with E-state index >= 15 is 0 Å². The van der Waals surface area contributed by atoms with Crippen LogP contribution in [0.1, 0.15) is 22.3 Å². The van der Waals surface area contributed by atoms with Gasteiger partial charge < -0.3 is 8.83 Å². The predicted octanol–water partition coefficient (Wildman–Crippen LogP) is 15.5. The highest BCUT2D eigenvalue weighted by Gasteiger charge is 2.51. The fourth-order valence-corrected chi connectivity index (χ4v) is 11.0. The van der Waals surface area contributed by atoms with Gasteiger partial charge in [-0.2, -0.15) is 0 Å². The Morgan fingerprint density at radius 1 is 0.271 bits per heavy atom. The number of fused-ring (bicyclic) bond motifs is 18. The van der Waals surface area contributed by atoms with Crippen molar-refractivity contribution in [3.63, 3.8) is 0 Å². The lowest BCUT2D eigenvalue weighted by atomic mass is 9.70. The third-order valence-corrected chi connectivity index (χ3v) is 13.5. The van der Waals surface area contributed by atoms with Crippen LogP contribution in [0.5, 0.6) is 0 Å². The first kappa shape index (κ1) is 31.4. The molecule has 0 N–H and O–H groups in total. The summed E-state index contributed by atoms with van der Waals surface area (Å²) >= 11 is 0. The highest BCUT2D eigenvalue weighted by atomic mass is 16.3. The second-order valence-corrected chi connectivity index (χ2v) is 16.3. The maximum Gasteiger partial charge on any atom is 0.136 e. The van der Waals surface area contributed by atoms with Gasteiger partial charge in [-0.1, -0.05) is 140 Å². The minimum Gasteiger partial charge on any atom is -0.456 e. The highest BCUT2D eigenvalue weighted by molar-refractivity contribution is 6.16. The van der Waals surface area contributed by atoms with Crippen LogP contribution >= 0.6 is 0 Å². The molecule has 272 valence electrons. The molecule has 0 saturated heterocycles. The van der Waals surface area contributed by atoms with E-state index in [9.17, 15) is 0 Å². The van der Waals surface area contributed by atoms with Gasteiger partial charge in [0.05, 0.1) is 5.41 Å². The predicted molar refractivity (Wildman–Crippen MR) is 243 cm³/mol. The van der Waals surface area contributed by atoms with Gasteiger partial charge >= 0.3 is 0 Å². The largest absolute Gasteiger partial charge is 0.456 e. The summed E-state index contributed by atoms with van der Waals surface area (Å²) in [6.45, 7) is 0. The number of hydrogen-bond donors (Lipinski definition) is 0. The molecule has 59 heavy (non-hydrogen) atoms.